The Morgan fingerprint density at radius 1 is 0.963 bits per heavy atom. The van der Waals surface area contributed by atoms with E-state index in [-0.39, 0.29) is 36.0 Å². The molecule has 2 rings (SSSR count). The van der Waals surface area contributed by atoms with Crippen molar-refractivity contribution in [2.75, 3.05) is 19.8 Å². The fourth-order valence-electron chi connectivity index (χ4n) is 2.92. The van der Waals surface area contributed by atoms with E-state index in [0.29, 0.717) is 17.9 Å². The quantitative estimate of drug-likeness (QED) is 0.732. The van der Waals surface area contributed by atoms with Crippen LogP contribution >= 0.6 is 0 Å². The van der Waals surface area contributed by atoms with Gasteiger partial charge in [0.15, 0.2) is 0 Å². The number of nitrogens with two attached hydrogens (primary N) is 1. The molecule has 0 bridgehead atoms. The molecule has 2 N–H and O–H groups in total. The number of carbonyl (C=O) groups excluding carboxylic acids is 2. The molecule has 1 aliphatic rings. The lowest BCUT2D eigenvalue weighted by molar-refractivity contribution is -0.140. The number of ether oxygens (including phenoxy) is 4. The van der Waals surface area contributed by atoms with E-state index in [2.05, 4.69) is 0 Å². The molecule has 0 fully saturated rings. The van der Waals surface area contributed by atoms with Gasteiger partial charge < -0.3 is 24.7 Å². The average Bonchev–Trinajstić information content (AvgIpc) is 2.62. The molecule has 1 aromatic carbocycles. The summed E-state index contributed by atoms with van der Waals surface area (Å²) in [5, 5.41) is 0. The maximum Gasteiger partial charge on any atom is 0.340 e. The number of hydrogen-bond donors (Lipinski definition) is 1. The first-order chi connectivity index (χ1) is 12.9. The molecule has 0 saturated carbocycles. The summed E-state index contributed by atoms with van der Waals surface area (Å²) in [7, 11) is 0. The molecule has 7 nitrogen and oxygen atoms in total. The molecule has 7 heteroatoms. The van der Waals surface area contributed by atoms with E-state index >= 15 is 0 Å². The highest BCUT2D eigenvalue weighted by molar-refractivity contribution is 5.99. The summed E-state index contributed by atoms with van der Waals surface area (Å²) >= 11 is 0. The number of allylic oxidation sites excluding steroid dienone is 1. The largest absolute Gasteiger partial charge is 0.494 e. The number of esters is 2. The molecular weight excluding hydrogens is 350 g/mol. The molecule has 146 valence electrons. The fourth-order valence-corrected chi connectivity index (χ4v) is 2.92. The topological polar surface area (TPSA) is 97.1 Å². The number of carbonyl (C=O) groups is 2. The smallest absolute Gasteiger partial charge is 0.340 e. The van der Waals surface area contributed by atoms with Crippen LogP contribution in [0.1, 0.15) is 39.2 Å². The van der Waals surface area contributed by atoms with E-state index in [9.17, 15) is 9.59 Å². The Hall–Kier alpha value is -2.96. The second kappa shape index (κ2) is 9.12. The second-order valence-corrected chi connectivity index (χ2v) is 5.73. The van der Waals surface area contributed by atoms with Crippen molar-refractivity contribution < 1.29 is 28.5 Å². The van der Waals surface area contributed by atoms with Crippen LogP contribution < -0.4 is 10.5 Å². The van der Waals surface area contributed by atoms with Crippen LogP contribution in [0.5, 0.6) is 5.75 Å². The van der Waals surface area contributed by atoms with E-state index in [1.165, 1.54) is 0 Å². The van der Waals surface area contributed by atoms with Crippen molar-refractivity contribution in [2.24, 2.45) is 5.73 Å². The molecular formula is C20H25NO6. The van der Waals surface area contributed by atoms with Crippen molar-refractivity contribution in [3.05, 3.63) is 52.6 Å². The zero-order chi connectivity index (χ0) is 20.0. The highest BCUT2D eigenvalue weighted by Crippen LogP contribution is 2.40. The lowest BCUT2D eigenvalue weighted by Gasteiger charge is -2.28. The Balaban J connectivity index is 2.57. The van der Waals surface area contributed by atoms with Gasteiger partial charge in [-0.05, 0) is 45.4 Å². The van der Waals surface area contributed by atoms with Crippen molar-refractivity contribution in [3.8, 4) is 5.75 Å². The highest BCUT2D eigenvalue weighted by atomic mass is 16.5. The average molecular weight is 375 g/mol. The summed E-state index contributed by atoms with van der Waals surface area (Å²) in [5.41, 5.74) is 6.96. The van der Waals surface area contributed by atoms with Gasteiger partial charge in [0.2, 0.25) is 5.88 Å². The molecule has 0 aromatic heterocycles. The highest BCUT2D eigenvalue weighted by Gasteiger charge is 2.39. The van der Waals surface area contributed by atoms with Gasteiger partial charge in [0, 0.05) is 0 Å². The molecule has 1 aromatic rings. The van der Waals surface area contributed by atoms with Gasteiger partial charge in [-0.2, -0.15) is 0 Å². The van der Waals surface area contributed by atoms with Gasteiger partial charge in [0.1, 0.15) is 17.1 Å². The Kier molecular flexibility index (Phi) is 6.87. The van der Waals surface area contributed by atoms with Crippen molar-refractivity contribution in [1.82, 2.24) is 0 Å². The summed E-state index contributed by atoms with van der Waals surface area (Å²) in [4.78, 5) is 25.1. The molecule has 0 saturated heterocycles. The lowest BCUT2D eigenvalue weighted by atomic mass is 9.82. The van der Waals surface area contributed by atoms with Gasteiger partial charge in [-0.25, -0.2) is 9.59 Å². The third kappa shape index (κ3) is 4.42. The standard InChI is InChI=1S/C20H25NO6/c1-5-24-14-10-8-13(9-11-14)16-15(19(22)25-6-2)12(4)27-18(21)17(16)20(23)26-7-3/h8-11,16H,5-7,21H2,1-4H3/t16-/m1/s1. The molecule has 0 amide bonds. The monoisotopic (exact) mass is 375 g/mol. The SMILES string of the molecule is CCOC(=O)C1=C(C)OC(N)=C(C(=O)OCC)[C@@H]1c1ccc(OCC)cc1. The number of hydrogen-bond acceptors (Lipinski definition) is 7. The van der Waals surface area contributed by atoms with Gasteiger partial charge in [-0.15, -0.1) is 0 Å². The van der Waals surface area contributed by atoms with Crippen LogP contribution in [0.15, 0.2) is 47.1 Å². The Morgan fingerprint density at radius 2 is 1.52 bits per heavy atom. The molecule has 0 unspecified atom stereocenters. The van der Waals surface area contributed by atoms with Crippen LogP contribution in [0, 0.1) is 0 Å². The Labute approximate surface area is 158 Å². The van der Waals surface area contributed by atoms with E-state index in [1.54, 1.807) is 45.0 Å². The number of benzene rings is 1. The second-order valence-electron chi connectivity index (χ2n) is 5.73. The minimum atomic E-state index is -0.757. The Morgan fingerprint density at radius 3 is 2.04 bits per heavy atom. The van der Waals surface area contributed by atoms with Gasteiger partial charge in [-0.3, -0.25) is 0 Å². The lowest BCUT2D eigenvalue weighted by Crippen LogP contribution is -2.30. The fraction of sp³-hybridized carbons (Fsp3) is 0.400. The predicted molar refractivity (Wildman–Crippen MR) is 98.6 cm³/mol. The zero-order valence-corrected chi connectivity index (χ0v) is 16.0. The third-order valence-electron chi connectivity index (χ3n) is 4.00. The van der Waals surface area contributed by atoms with Crippen LogP contribution in [0.4, 0.5) is 0 Å². The van der Waals surface area contributed by atoms with Crippen LogP contribution in [0.3, 0.4) is 0 Å². The third-order valence-corrected chi connectivity index (χ3v) is 4.00. The summed E-state index contributed by atoms with van der Waals surface area (Å²) < 4.78 is 21.2. The normalized spacial score (nSPS) is 16.7. The van der Waals surface area contributed by atoms with Gasteiger partial charge in [0.05, 0.1) is 31.3 Å². The minimum absolute atomic E-state index is 0.0784. The van der Waals surface area contributed by atoms with Crippen LogP contribution in [0.25, 0.3) is 0 Å². The van der Waals surface area contributed by atoms with Crippen LogP contribution in [-0.4, -0.2) is 31.8 Å². The molecule has 1 heterocycles. The minimum Gasteiger partial charge on any atom is -0.494 e. The van der Waals surface area contributed by atoms with Gasteiger partial charge in [0.25, 0.3) is 0 Å². The summed E-state index contributed by atoms with van der Waals surface area (Å²) in [6, 6.07) is 7.09. The van der Waals surface area contributed by atoms with E-state index in [0.717, 1.165) is 0 Å². The molecule has 0 aliphatic carbocycles. The molecule has 27 heavy (non-hydrogen) atoms. The van der Waals surface area contributed by atoms with E-state index < -0.39 is 17.9 Å². The Bertz CT molecular complexity index is 723. The zero-order valence-electron chi connectivity index (χ0n) is 16.0. The molecule has 1 atom stereocenters. The first-order valence-corrected chi connectivity index (χ1v) is 8.89. The van der Waals surface area contributed by atoms with Crippen molar-refractivity contribution in [3.63, 3.8) is 0 Å². The first kappa shape index (κ1) is 20.4. The molecule has 0 radical (unpaired) electrons. The maximum atomic E-state index is 12.6. The van der Waals surface area contributed by atoms with Crippen molar-refractivity contribution in [2.45, 2.75) is 33.6 Å². The molecule has 0 spiro atoms. The summed E-state index contributed by atoms with van der Waals surface area (Å²) in [5.74, 6) is -1.07. The van der Waals surface area contributed by atoms with Crippen LogP contribution in [0.2, 0.25) is 0 Å². The van der Waals surface area contributed by atoms with Crippen molar-refractivity contribution in [1.29, 1.82) is 0 Å². The molecule has 1 aliphatic heterocycles. The summed E-state index contributed by atoms with van der Waals surface area (Å²) in [6.07, 6.45) is 0. The number of rotatable bonds is 7. The van der Waals surface area contributed by atoms with Crippen LogP contribution in [-0.2, 0) is 23.8 Å². The van der Waals surface area contributed by atoms with E-state index in [1.807, 2.05) is 6.92 Å². The maximum absolute atomic E-state index is 12.6. The van der Waals surface area contributed by atoms with Crippen molar-refractivity contribution >= 4 is 11.9 Å². The van der Waals surface area contributed by atoms with E-state index in [4.69, 9.17) is 24.7 Å². The van der Waals surface area contributed by atoms with Gasteiger partial charge in [-0.1, -0.05) is 12.1 Å². The predicted octanol–water partition coefficient (Wildman–Crippen LogP) is 2.77. The van der Waals surface area contributed by atoms with Gasteiger partial charge >= 0.3 is 11.9 Å². The first-order valence-electron chi connectivity index (χ1n) is 8.89. The summed E-state index contributed by atoms with van der Waals surface area (Å²) in [6.45, 7) is 7.80.